The Kier molecular flexibility index (Phi) is 6.97. The topological polar surface area (TPSA) is 78.7 Å². The summed E-state index contributed by atoms with van der Waals surface area (Å²) in [6, 6.07) is 6.64. The number of nitrogens with zero attached hydrogens (tertiary/aromatic N) is 4. The maximum atomic E-state index is 12.9. The van der Waals surface area contributed by atoms with Crippen LogP contribution in [-0.2, 0) is 35.6 Å². The number of aliphatic carboxylic acids is 1. The van der Waals surface area contributed by atoms with Gasteiger partial charge in [0.25, 0.3) is 0 Å². The average Bonchev–Trinajstić information content (AvgIpc) is 3.50. The van der Waals surface area contributed by atoms with Crippen molar-refractivity contribution in [3.63, 3.8) is 0 Å². The molecule has 1 aromatic heterocycles. The number of benzene rings is 1. The number of alkyl halides is 3. The summed E-state index contributed by atoms with van der Waals surface area (Å²) in [7, 11) is 2.17. The Labute approximate surface area is 196 Å². The van der Waals surface area contributed by atoms with Gasteiger partial charge in [-0.25, -0.2) is 9.78 Å². The van der Waals surface area contributed by atoms with Crippen LogP contribution in [0.3, 0.4) is 0 Å². The molecule has 0 radical (unpaired) electrons. The largest absolute Gasteiger partial charge is 0.490 e. The van der Waals surface area contributed by atoms with Gasteiger partial charge in [-0.1, -0.05) is 31.0 Å². The van der Waals surface area contributed by atoms with E-state index < -0.39 is 12.1 Å². The van der Waals surface area contributed by atoms with E-state index >= 15 is 0 Å². The summed E-state index contributed by atoms with van der Waals surface area (Å²) in [6.45, 7) is 4.48. The molecule has 7 nitrogen and oxygen atoms in total. The first-order valence-electron chi connectivity index (χ1n) is 11.6. The minimum atomic E-state index is -5.08. The molecule has 1 saturated carbocycles. The maximum absolute atomic E-state index is 12.9. The molecule has 0 unspecified atom stereocenters. The van der Waals surface area contributed by atoms with Crippen LogP contribution in [0, 0.1) is 5.92 Å². The average molecular weight is 479 g/mol. The fourth-order valence-electron chi connectivity index (χ4n) is 5.12. The lowest BCUT2D eigenvalue weighted by molar-refractivity contribution is -0.192. The first-order valence-corrected chi connectivity index (χ1v) is 11.6. The smallest absolute Gasteiger partial charge is 0.475 e. The third kappa shape index (κ3) is 5.11. The Hall–Kier alpha value is -2.88. The lowest BCUT2D eigenvalue weighted by atomic mass is 10.0. The maximum Gasteiger partial charge on any atom is 0.490 e. The molecule has 1 amide bonds. The van der Waals surface area contributed by atoms with Crippen molar-refractivity contribution in [2.75, 3.05) is 20.1 Å². The predicted molar refractivity (Wildman–Crippen MR) is 119 cm³/mol. The monoisotopic (exact) mass is 478 g/mol. The van der Waals surface area contributed by atoms with Gasteiger partial charge in [-0.3, -0.25) is 9.69 Å². The van der Waals surface area contributed by atoms with E-state index in [1.54, 1.807) is 0 Å². The fourth-order valence-corrected chi connectivity index (χ4v) is 5.12. The minimum absolute atomic E-state index is 0.267. The van der Waals surface area contributed by atoms with Crippen molar-refractivity contribution < 1.29 is 27.9 Å². The first-order chi connectivity index (χ1) is 16.1. The van der Waals surface area contributed by atoms with Gasteiger partial charge in [-0.05, 0) is 31.0 Å². The molecule has 3 aliphatic rings. The summed E-state index contributed by atoms with van der Waals surface area (Å²) in [5.41, 5.74) is 5.39. The van der Waals surface area contributed by atoms with E-state index in [1.807, 2.05) is 6.20 Å². The molecule has 1 aliphatic carbocycles. The van der Waals surface area contributed by atoms with Crippen LogP contribution in [0.2, 0.25) is 0 Å². The zero-order valence-corrected chi connectivity index (χ0v) is 19.1. The third-order valence-electron chi connectivity index (χ3n) is 6.81. The summed E-state index contributed by atoms with van der Waals surface area (Å²) in [4.78, 5) is 30.9. The summed E-state index contributed by atoms with van der Waals surface area (Å²) in [6.07, 6.45) is 2.39. The van der Waals surface area contributed by atoms with E-state index in [9.17, 15) is 18.0 Å². The van der Waals surface area contributed by atoms with Gasteiger partial charge in [0.2, 0.25) is 5.91 Å². The Balaban J connectivity index is 0.000000344. The fraction of sp³-hybridized carbons (Fsp3) is 0.542. The first kappa shape index (κ1) is 24.3. The Morgan fingerprint density at radius 1 is 1.09 bits per heavy atom. The molecule has 1 N–H and O–H groups in total. The lowest BCUT2D eigenvalue weighted by Gasteiger charge is -2.23. The van der Waals surface area contributed by atoms with Crippen molar-refractivity contribution in [1.82, 2.24) is 19.4 Å². The van der Waals surface area contributed by atoms with Gasteiger partial charge in [-0.15, -0.1) is 0 Å². The Morgan fingerprint density at radius 2 is 1.79 bits per heavy atom. The van der Waals surface area contributed by atoms with Crippen molar-refractivity contribution in [2.45, 2.75) is 57.9 Å². The van der Waals surface area contributed by atoms with Crippen LogP contribution in [0.1, 0.15) is 42.6 Å². The number of hydrogen-bond donors (Lipinski definition) is 1. The second kappa shape index (κ2) is 9.77. The van der Waals surface area contributed by atoms with Gasteiger partial charge >= 0.3 is 12.1 Å². The SMILES string of the molecule is CN1Cc2cccc(-c3cnc4n3CCN(C(=O)C3CCCC3)CC4)c2C1.O=C(O)C(F)(F)F. The van der Waals surface area contributed by atoms with E-state index in [0.29, 0.717) is 5.91 Å². The minimum Gasteiger partial charge on any atom is -0.475 e. The van der Waals surface area contributed by atoms with Crippen LogP contribution in [0.15, 0.2) is 24.4 Å². The second-order valence-corrected chi connectivity index (χ2v) is 9.19. The number of imidazole rings is 1. The molecule has 0 bridgehead atoms. The van der Waals surface area contributed by atoms with Crippen LogP contribution >= 0.6 is 0 Å². The molecule has 5 rings (SSSR count). The van der Waals surface area contributed by atoms with Gasteiger partial charge in [0.05, 0.1) is 11.9 Å². The molecule has 1 aromatic carbocycles. The molecular formula is C24H29F3N4O3. The van der Waals surface area contributed by atoms with E-state index in [4.69, 9.17) is 14.9 Å². The molecule has 34 heavy (non-hydrogen) atoms. The molecule has 1 fully saturated rings. The number of halogens is 3. The molecule has 3 heterocycles. The predicted octanol–water partition coefficient (Wildman–Crippen LogP) is 3.70. The molecule has 184 valence electrons. The van der Waals surface area contributed by atoms with Gasteiger partial charge < -0.3 is 14.6 Å². The zero-order valence-electron chi connectivity index (χ0n) is 19.1. The van der Waals surface area contributed by atoms with Crippen molar-refractivity contribution in [1.29, 1.82) is 0 Å². The summed E-state index contributed by atoms with van der Waals surface area (Å²) >= 11 is 0. The van der Waals surface area contributed by atoms with Crippen LogP contribution in [0.25, 0.3) is 11.3 Å². The summed E-state index contributed by atoms with van der Waals surface area (Å²) < 4.78 is 34.1. The number of rotatable bonds is 2. The quantitative estimate of drug-likeness (QED) is 0.712. The number of carbonyl (C=O) groups is 2. The number of aromatic nitrogens is 2. The molecule has 2 aromatic rings. The highest BCUT2D eigenvalue weighted by Gasteiger charge is 2.38. The normalized spacial score (nSPS) is 18.6. The number of amides is 1. The van der Waals surface area contributed by atoms with Gasteiger partial charge in [-0.2, -0.15) is 13.2 Å². The van der Waals surface area contributed by atoms with Gasteiger partial charge in [0.15, 0.2) is 0 Å². The second-order valence-electron chi connectivity index (χ2n) is 9.19. The van der Waals surface area contributed by atoms with Crippen molar-refractivity contribution in [3.05, 3.63) is 41.3 Å². The van der Waals surface area contributed by atoms with Crippen LogP contribution in [0.4, 0.5) is 13.2 Å². The number of carbonyl (C=O) groups excluding carboxylic acids is 1. The van der Waals surface area contributed by atoms with Crippen LogP contribution in [0.5, 0.6) is 0 Å². The van der Waals surface area contributed by atoms with E-state index in [1.165, 1.54) is 35.2 Å². The van der Waals surface area contributed by atoms with Crippen molar-refractivity contribution in [3.8, 4) is 11.3 Å². The van der Waals surface area contributed by atoms with Crippen LogP contribution in [-0.4, -0.2) is 62.6 Å². The third-order valence-corrected chi connectivity index (χ3v) is 6.81. The molecule has 0 spiro atoms. The molecular weight excluding hydrogens is 449 g/mol. The number of fused-ring (bicyclic) bond motifs is 2. The van der Waals surface area contributed by atoms with Crippen molar-refractivity contribution >= 4 is 11.9 Å². The molecule has 2 aliphatic heterocycles. The number of hydrogen-bond acceptors (Lipinski definition) is 4. The number of carboxylic acids is 1. The summed E-state index contributed by atoms with van der Waals surface area (Å²) in [5, 5.41) is 7.12. The zero-order chi connectivity index (χ0) is 24.5. The van der Waals surface area contributed by atoms with E-state index in [2.05, 4.69) is 39.6 Å². The highest BCUT2D eigenvalue weighted by molar-refractivity contribution is 5.79. The molecule has 10 heteroatoms. The Bertz CT molecular complexity index is 1060. The lowest BCUT2D eigenvalue weighted by Crippen LogP contribution is -2.37. The van der Waals surface area contributed by atoms with Crippen molar-refractivity contribution in [2.24, 2.45) is 5.92 Å². The van der Waals surface area contributed by atoms with Gasteiger partial charge in [0.1, 0.15) is 5.82 Å². The molecule has 0 saturated heterocycles. The highest BCUT2D eigenvalue weighted by Crippen LogP contribution is 2.33. The van der Waals surface area contributed by atoms with Gasteiger partial charge in [0, 0.05) is 50.6 Å². The Morgan fingerprint density at radius 3 is 2.47 bits per heavy atom. The van der Waals surface area contributed by atoms with E-state index in [0.717, 1.165) is 57.8 Å². The van der Waals surface area contributed by atoms with Crippen LogP contribution < -0.4 is 0 Å². The highest BCUT2D eigenvalue weighted by atomic mass is 19.4. The summed E-state index contributed by atoms with van der Waals surface area (Å²) in [5.74, 6) is -0.993. The molecule has 0 atom stereocenters. The number of carboxylic acid groups (broad SMARTS) is 1. The van der Waals surface area contributed by atoms with E-state index in [-0.39, 0.29) is 5.92 Å². The standard InChI is InChI=1S/C22H28N4O.C2HF3O2/c1-24-14-17-7-4-8-18(19(17)15-24)20-13-23-21-9-10-25(11-12-26(20)21)22(27)16-5-2-3-6-16;3-2(4,5)1(6)7/h4,7-8,13,16H,2-3,5-6,9-12,14-15H2,1H3;(H,6,7).